The Balaban J connectivity index is 1.21. The Morgan fingerprint density at radius 2 is 1.04 bits per heavy atom. The number of carbonyl (C=O) groups is 15. The minimum absolute atomic E-state index is 0.00883. The van der Waals surface area contributed by atoms with Gasteiger partial charge in [-0.2, -0.15) is 0 Å². The molecule has 0 radical (unpaired) electrons. The fourth-order valence-electron chi connectivity index (χ4n) is 12.0. The third-order valence-corrected chi connectivity index (χ3v) is 17.6. The maximum absolute atomic E-state index is 14.4. The number of H-pyrrole nitrogens is 2. The molecule has 15 amide bonds. The number of aliphatic hydroxyl groups is 3. The highest BCUT2D eigenvalue weighted by Gasteiger charge is 2.40. The van der Waals surface area contributed by atoms with Crippen molar-refractivity contribution in [3.8, 4) is 5.75 Å². The molecule has 23 N–H and O–H groups in total. The molecule has 0 spiro atoms. The van der Waals surface area contributed by atoms with Crippen molar-refractivity contribution >= 4 is 99.5 Å². The van der Waals surface area contributed by atoms with Gasteiger partial charge in [0.1, 0.15) is 72.2 Å². The van der Waals surface area contributed by atoms with E-state index in [4.69, 9.17) is 11.5 Å². The molecule has 0 unspecified atom stereocenters. The van der Waals surface area contributed by atoms with Crippen LogP contribution in [0.2, 0.25) is 0 Å². The molecule has 13 atom stereocenters. The summed E-state index contributed by atoms with van der Waals surface area (Å²) in [4.78, 5) is 216. The largest absolute Gasteiger partial charge is 0.508 e. The molecule has 1 saturated heterocycles. The number of aromatic hydroxyl groups is 1. The molecular formula is C72H107N19O19. The van der Waals surface area contributed by atoms with Gasteiger partial charge in [0, 0.05) is 61.3 Å². The fraction of sp³-hybridized carbons (Fsp3) is 0.556. The van der Waals surface area contributed by atoms with Gasteiger partial charge in [-0.3, -0.25) is 71.9 Å². The number of hydrogen-bond donors (Lipinski definition) is 21. The van der Waals surface area contributed by atoms with E-state index < -0.39 is 193 Å². The number of amides is 15. The molecule has 3 heterocycles. The lowest BCUT2D eigenvalue weighted by Crippen LogP contribution is -2.62. The van der Waals surface area contributed by atoms with E-state index in [2.05, 4.69) is 84.1 Å². The van der Waals surface area contributed by atoms with Crippen LogP contribution < -0.4 is 80.6 Å². The van der Waals surface area contributed by atoms with Crippen LogP contribution in [0.4, 0.5) is 0 Å². The van der Waals surface area contributed by atoms with Crippen molar-refractivity contribution in [3.05, 3.63) is 84.1 Å². The zero-order valence-corrected chi connectivity index (χ0v) is 63.2. The van der Waals surface area contributed by atoms with Gasteiger partial charge in [-0.15, -0.1) is 0 Å². The highest BCUT2D eigenvalue weighted by atomic mass is 16.3. The van der Waals surface area contributed by atoms with E-state index in [1.54, 1.807) is 72.0 Å². The molecule has 110 heavy (non-hydrogen) atoms. The number of primary amides is 1. The number of benzene rings is 2. The average molecular weight is 1540 g/mol. The number of imidazole rings is 1. The normalized spacial score (nSPS) is 16.0. The van der Waals surface area contributed by atoms with E-state index in [0.29, 0.717) is 23.2 Å². The molecule has 604 valence electrons. The third-order valence-electron chi connectivity index (χ3n) is 17.6. The highest BCUT2D eigenvalue weighted by molar-refractivity contribution is 6.01. The van der Waals surface area contributed by atoms with Crippen LogP contribution in [0.15, 0.2) is 67.3 Å². The summed E-state index contributed by atoms with van der Waals surface area (Å²) in [6.07, 6.45) is 0.628. The Labute approximate surface area is 635 Å². The van der Waals surface area contributed by atoms with Crippen molar-refractivity contribution in [2.24, 2.45) is 29.2 Å². The number of nitrogens with zero attached hydrogens (tertiary/aromatic N) is 2. The summed E-state index contributed by atoms with van der Waals surface area (Å²) in [5.41, 5.74) is 13.4. The first-order chi connectivity index (χ1) is 52.0. The minimum Gasteiger partial charge on any atom is -0.508 e. The summed E-state index contributed by atoms with van der Waals surface area (Å²) in [6.45, 7) is 11.8. The van der Waals surface area contributed by atoms with Gasteiger partial charge in [-0.1, -0.05) is 71.9 Å². The second kappa shape index (κ2) is 43.8. The molecule has 2 aromatic carbocycles. The molecule has 1 fully saturated rings. The van der Waals surface area contributed by atoms with Gasteiger partial charge in [0.25, 0.3) is 0 Å². The fourth-order valence-corrected chi connectivity index (χ4v) is 12.0. The van der Waals surface area contributed by atoms with Crippen LogP contribution in [0.3, 0.4) is 0 Å². The summed E-state index contributed by atoms with van der Waals surface area (Å²) >= 11 is 0. The maximum atomic E-state index is 14.4. The summed E-state index contributed by atoms with van der Waals surface area (Å²) < 4.78 is 0. The van der Waals surface area contributed by atoms with Crippen LogP contribution in [0.25, 0.3) is 10.9 Å². The molecule has 5 rings (SSSR count). The number of aliphatic hydroxyl groups excluding tert-OH is 3. The van der Waals surface area contributed by atoms with Crippen LogP contribution in [0.1, 0.15) is 118 Å². The van der Waals surface area contributed by atoms with E-state index in [0.717, 1.165) is 17.8 Å². The smallest absolute Gasteiger partial charge is 0.245 e. The molecule has 0 aliphatic carbocycles. The number of fused-ring (bicyclic) bond motifs is 1. The number of likely N-dealkylation sites (tertiary alicyclic amines) is 1. The molecule has 38 nitrogen and oxygen atoms in total. The van der Waals surface area contributed by atoms with Crippen LogP contribution in [0.5, 0.6) is 5.75 Å². The summed E-state index contributed by atoms with van der Waals surface area (Å²) in [5, 5.41) is 74.0. The molecular weight excluding hydrogens is 1430 g/mol. The van der Waals surface area contributed by atoms with Gasteiger partial charge in [-0.05, 0) is 100.0 Å². The summed E-state index contributed by atoms with van der Waals surface area (Å²) in [5.74, 6) is -14.5. The third kappa shape index (κ3) is 28.8. The van der Waals surface area contributed by atoms with Crippen LogP contribution >= 0.6 is 0 Å². The molecule has 38 heteroatoms. The summed E-state index contributed by atoms with van der Waals surface area (Å²) in [7, 11) is 0. The van der Waals surface area contributed by atoms with Crippen molar-refractivity contribution < 1.29 is 92.3 Å². The molecule has 4 aromatic rings. The van der Waals surface area contributed by atoms with Gasteiger partial charge in [-0.25, -0.2) is 4.98 Å². The first kappa shape index (κ1) is 89.5. The minimum atomic E-state index is -1.91. The Morgan fingerprint density at radius 1 is 0.536 bits per heavy atom. The lowest BCUT2D eigenvalue weighted by Gasteiger charge is -2.29. The molecule has 2 aromatic heterocycles. The van der Waals surface area contributed by atoms with Gasteiger partial charge < -0.3 is 116 Å². The zero-order chi connectivity index (χ0) is 81.6. The van der Waals surface area contributed by atoms with Crippen molar-refractivity contribution in [1.82, 2.24) is 89.0 Å². The predicted octanol–water partition coefficient (Wildman–Crippen LogP) is -5.44. The van der Waals surface area contributed by atoms with E-state index in [9.17, 15) is 92.3 Å². The predicted molar refractivity (Wildman–Crippen MR) is 397 cm³/mol. The maximum Gasteiger partial charge on any atom is 0.245 e. The monoisotopic (exact) mass is 1540 g/mol. The zero-order valence-electron chi connectivity index (χ0n) is 63.2. The number of carbonyl (C=O) groups excluding carboxylic acids is 15. The molecule has 0 bridgehead atoms. The Hall–Kier alpha value is -11.1. The molecule has 1 aliphatic rings. The topological polar surface area (TPSA) is 593 Å². The lowest BCUT2D eigenvalue weighted by molar-refractivity contribution is -0.140. The number of nitrogens with two attached hydrogens (primary N) is 2. The first-order valence-electron chi connectivity index (χ1n) is 36.4. The van der Waals surface area contributed by atoms with Gasteiger partial charge in [0.2, 0.25) is 88.6 Å². The van der Waals surface area contributed by atoms with Gasteiger partial charge >= 0.3 is 0 Å². The number of aromatic amines is 2. The van der Waals surface area contributed by atoms with Crippen molar-refractivity contribution in [1.29, 1.82) is 0 Å². The van der Waals surface area contributed by atoms with Crippen LogP contribution in [-0.4, -0.2) is 247 Å². The Morgan fingerprint density at radius 3 is 1.59 bits per heavy atom. The van der Waals surface area contributed by atoms with Crippen molar-refractivity contribution in [3.63, 3.8) is 0 Å². The molecule has 1 aliphatic heterocycles. The van der Waals surface area contributed by atoms with E-state index in [1.807, 2.05) is 0 Å². The van der Waals surface area contributed by atoms with Gasteiger partial charge in [0.05, 0.1) is 51.2 Å². The number of hydrogen-bond acceptors (Lipinski definition) is 21. The van der Waals surface area contributed by atoms with Crippen molar-refractivity contribution in [2.45, 2.75) is 199 Å². The average Bonchev–Trinajstić information content (AvgIpc) is 1.70. The number of para-hydroxylation sites is 1. The van der Waals surface area contributed by atoms with Crippen molar-refractivity contribution in [2.75, 3.05) is 39.3 Å². The standard InChI is InChI=1S/C72H107N19O19/c1-36(2)23-48(64(102)79-34-59(99)91-21-12-15-55(91)70(108)87-53(63(101)76-20-22-92)28-44-32-75-35-80-44)84-65(103)49(24-37(3)4)85-67(105)51(26-42-16-18-45(95)19-17-42)83-58(98)33-78-62(100)39(7)81-71(109)60(40(8)93)89-69(107)54(29-56(74)96)86-66(104)50(25-38(5)6)88-72(110)61(41(9)94)90-68(106)52(82-57(97)30-73)27-43-31-77-47-14-11-10-13-46(43)47/h10-11,13-14,16-19,31-32,35-41,48-55,60-61,77,92-95H,12,15,20-30,33-34,73H2,1-9H3,(H2,74,96)(H,75,80)(H,76,101)(H,78,100)(H,79,102)(H,81,109)(H,82,97)(H,83,98)(H,84,103)(H,85,105)(H,86,104)(H,87,108)(H,88,110)(H,89,107)(H,90,106)/t39-,40-,41+,48-,49-,50-,51-,52-,53-,54-,55-,60+,61-/m0/s1. The van der Waals surface area contributed by atoms with E-state index in [1.165, 1.54) is 55.5 Å². The van der Waals surface area contributed by atoms with Gasteiger partial charge in [0.15, 0.2) is 0 Å². The number of phenols is 1. The SMILES string of the molecule is CC(C)C[C@H](NC(=O)[C@H](CC(C)C)NC(=O)[C@H](Cc1ccc(O)cc1)NC(=O)CNC(=O)[C@H](C)NC(=O)[C@H](NC(=O)[C@H](CC(N)=O)NC(=O)[C@H](CC(C)C)NC(=O)[C@@H](NC(=O)[C@H](Cc1c[nH]c2ccccc12)NC(=O)CN)[C@@H](C)O)[C@H](C)O)C(=O)NCC(=O)N1CCC[C@H]1C(=O)N[C@@H](Cc1cnc[nH]1)C(=O)NCCO. The quantitative estimate of drug-likeness (QED) is 0.0196. The second-order valence-electron chi connectivity index (χ2n) is 28.4. The van der Waals surface area contributed by atoms with E-state index >= 15 is 0 Å². The number of nitrogens with one attached hydrogen (secondary N) is 15. The van der Waals surface area contributed by atoms with Crippen LogP contribution in [0, 0.1) is 17.8 Å². The molecule has 0 saturated carbocycles. The number of aromatic nitrogens is 3. The van der Waals surface area contributed by atoms with E-state index in [-0.39, 0.29) is 88.1 Å². The Bertz CT molecular complexity index is 3830. The lowest BCUT2D eigenvalue weighted by atomic mass is 9.99. The summed E-state index contributed by atoms with van der Waals surface area (Å²) in [6, 6.07) is -3.31. The van der Waals surface area contributed by atoms with Crippen LogP contribution in [-0.2, 0) is 91.2 Å². The number of phenolic OH excluding ortho intramolecular Hbond substituents is 1. The Kier molecular flexibility index (Phi) is 35.6. The number of rotatable bonds is 44. The highest BCUT2D eigenvalue weighted by Crippen LogP contribution is 2.22. The first-order valence-corrected chi connectivity index (χ1v) is 36.4. The second-order valence-corrected chi connectivity index (χ2v) is 28.4.